The smallest absolute Gasteiger partial charge is 0.153 e. The molecular weight excluding hydrogens is 608 g/mol. The Morgan fingerprint density at radius 1 is 1.00 bits per heavy atom. The molecule has 4 aliphatic carbocycles. The first-order chi connectivity index (χ1) is 21.4. The van der Waals surface area contributed by atoms with E-state index >= 15 is 4.39 Å². The predicted molar refractivity (Wildman–Crippen MR) is 162 cm³/mol. The van der Waals surface area contributed by atoms with Gasteiger partial charge >= 0.3 is 0 Å². The average Bonchev–Trinajstić information content (AvgIpc) is 3.78. The summed E-state index contributed by atoms with van der Waals surface area (Å²) in [7, 11) is 0. The topological polar surface area (TPSA) is 88.7 Å². The van der Waals surface area contributed by atoms with Crippen molar-refractivity contribution in [2.45, 2.75) is 75.6 Å². The molecule has 4 aromatic rings. The second-order valence-electron chi connectivity index (χ2n) is 12.8. The van der Waals surface area contributed by atoms with Crippen molar-refractivity contribution in [1.82, 2.24) is 15.1 Å². The highest BCUT2D eigenvalue weighted by Crippen LogP contribution is 2.55. The largest absolute Gasteiger partial charge is 0.493 e. The lowest BCUT2D eigenvalue weighted by Crippen LogP contribution is -2.49. The van der Waals surface area contributed by atoms with Crippen molar-refractivity contribution in [2.75, 3.05) is 19.8 Å². The number of hydrogen-bond acceptors (Lipinski definition) is 8. The van der Waals surface area contributed by atoms with E-state index in [1.54, 1.807) is 24.7 Å². The maximum absolute atomic E-state index is 15.1. The Morgan fingerprint density at radius 3 is 2.43 bits per heavy atom. The standard InChI is InChI=1S/C33H32Cl2FN3O5/c34-24-13-37-14-25(35)28(24)30-23(31(44-39-30)19-1-2-19)17-42-33-7-4-32(5-8-33,6-9-33)18-41-20-11-22-27(43-21-15-40-16-21)3-10-38-29(22)26(36)12-20/h3,10-14,19,21H,1-2,4-9,15-18H2. The van der Waals surface area contributed by atoms with Crippen molar-refractivity contribution < 1.29 is 27.9 Å². The van der Waals surface area contributed by atoms with E-state index in [1.807, 2.05) is 6.07 Å². The number of ether oxygens (including phenoxy) is 4. The van der Waals surface area contributed by atoms with E-state index in [-0.39, 0.29) is 22.6 Å². The molecule has 4 heterocycles. The number of aromatic nitrogens is 3. The Bertz CT molecular complexity index is 1680. The minimum Gasteiger partial charge on any atom is -0.493 e. The van der Waals surface area contributed by atoms with Crippen molar-refractivity contribution in [1.29, 1.82) is 0 Å². The summed E-state index contributed by atoms with van der Waals surface area (Å²) in [6, 6.07) is 5.03. The molecule has 1 saturated heterocycles. The number of hydrogen-bond donors (Lipinski definition) is 0. The Kier molecular flexibility index (Phi) is 7.20. The fourth-order valence-electron chi connectivity index (χ4n) is 6.90. The Morgan fingerprint density at radius 2 is 1.75 bits per heavy atom. The zero-order valence-corrected chi connectivity index (χ0v) is 25.6. The van der Waals surface area contributed by atoms with Crippen LogP contribution in [0.3, 0.4) is 0 Å². The van der Waals surface area contributed by atoms with Crippen LogP contribution >= 0.6 is 23.2 Å². The number of rotatable bonds is 10. The molecule has 4 saturated carbocycles. The molecule has 3 aromatic heterocycles. The van der Waals surface area contributed by atoms with Crippen molar-refractivity contribution in [2.24, 2.45) is 5.41 Å². The van der Waals surface area contributed by atoms with E-state index in [0.717, 1.165) is 62.7 Å². The van der Waals surface area contributed by atoms with E-state index in [9.17, 15) is 0 Å². The van der Waals surface area contributed by atoms with Gasteiger partial charge in [-0.15, -0.1) is 0 Å². The number of benzene rings is 1. The van der Waals surface area contributed by atoms with Crippen LogP contribution in [0.2, 0.25) is 10.0 Å². The quantitative estimate of drug-likeness (QED) is 0.172. The van der Waals surface area contributed by atoms with Crippen LogP contribution < -0.4 is 9.47 Å². The van der Waals surface area contributed by atoms with Gasteiger partial charge in [-0.3, -0.25) is 9.97 Å². The molecule has 0 unspecified atom stereocenters. The lowest BCUT2D eigenvalue weighted by atomic mass is 9.59. The molecule has 11 heteroatoms. The van der Waals surface area contributed by atoms with Crippen molar-refractivity contribution in [3.63, 3.8) is 0 Å². The molecule has 1 aromatic carbocycles. The second kappa shape index (κ2) is 11.1. The van der Waals surface area contributed by atoms with Gasteiger partial charge in [-0.05, 0) is 63.5 Å². The van der Waals surface area contributed by atoms with E-state index in [1.165, 1.54) is 6.07 Å². The van der Waals surface area contributed by atoms with Gasteiger partial charge in [-0.25, -0.2) is 4.39 Å². The van der Waals surface area contributed by atoms with E-state index in [0.29, 0.717) is 70.5 Å². The minimum absolute atomic E-state index is 0.0259. The molecule has 230 valence electrons. The third-order valence-corrected chi connectivity index (χ3v) is 10.5. The molecule has 0 spiro atoms. The van der Waals surface area contributed by atoms with Gasteiger partial charge < -0.3 is 23.5 Å². The zero-order valence-electron chi connectivity index (χ0n) is 24.1. The van der Waals surface area contributed by atoms with Gasteiger partial charge in [0.1, 0.15) is 34.6 Å². The molecule has 5 fully saturated rings. The third kappa shape index (κ3) is 5.21. The Hall–Kier alpha value is -2.98. The van der Waals surface area contributed by atoms with Gasteiger partial charge in [0.25, 0.3) is 0 Å². The summed E-state index contributed by atoms with van der Waals surface area (Å²) in [6.07, 6.45) is 12.6. The summed E-state index contributed by atoms with van der Waals surface area (Å²) in [5, 5.41) is 5.88. The van der Waals surface area contributed by atoms with Crippen LogP contribution in [0, 0.1) is 11.2 Å². The summed E-state index contributed by atoms with van der Waals surface area (Å²) in [5.74, 6) is 1.91. The van der Waals surface area contributed by atoms with E-state index in [4.69, 9.17) is 46.7 Å². The van der Waals surface area contributed by atoms with Crippen LogP contribution in [0.15, 0.2) is 41.3 Å². The van der Waals surface area contributed by atoms with Gasteiger partial charge in [0.05, 0.1) is 42.1 Å². The fraction of sp³-hybridized carbons (Fsp3) is 0.485. The summed E-state index contributed by atoms with van der Waals surface area (Å²) in [6.45, 7) is 1.99. The third-order valence-electron chi connectivity index (χ3n) is 9.89. The first-order valence-corrected chi connectivity index (χ1v) is 16.0. The second-order valence-corrected chi connectivity index (χ2v) is 13.6. The summed E-state index contributed by atoms with van der Waals surface area (Å²) < 4.78 is 45.2. The first-order valence-electron chi connectivity index (χ1n) is 15.3. The maximum Gasteiger partial charge on any atom is 0.153 e. The van der Waals surface area contributed by atoms with Crippen LogP contribution in [-0.4, -0.2) is 46.7 Å². The zero-order chi connectivity index (χ0) is 29.9. The summed E-state index contributed by atoms with van der Waals surface area (Å²) >= 11 is 13.0. The maximum atomic E-state index is 15.1. The molecular formula is C33H32Cl2FN3O5. The monoisotopic (exact) mass is 639 g/mol. The molecule has 9 rings (SSSR count). The molecule has 0 amide bonds. The number of pyridine rings is 2. The lowest BCUT2D eigenvalue weighted by molar-refractivity contribution is -0.150. The van der Waals surface area contributed by atoms with Crippen LogP contribution in [-0.2, 0) is 16.1 Å². The highest BCUT2D eigenvalue weighted by atomic mass is 35.5. The van der Waals surface area contributed by atoms with Crippen molar-refractivity contribution >= 4 is 34.1 Å². The number of halogens is 3. The van der Waals surface area contributed by atoms with Crippen LogP contribution in [0.5, 0.6) is 11.5 Å². The highest BCUT2D eigenvalue weighted by molar-refractivity contribution is 6.38. The van der Waals surface area contributed by atoms with Gasteiger partial charge in [0, 0.05) is 52.5 Å². The average molecular weight is 641 g/mol. The molecule has 2 bridgehead atoms. The molecule has 44 heavy (non-hydrogen) atoms. The number of nitrogens with zero attached hydrogens (tertiary/aromatic N) is 3. The van der Waals surface area contributed by atoms with Gasteiger partial charge in [0.2, 0.25) is 0 Å². The van der Waals surface area contributed by atoms with Crippen molar-refractivity contribution in [3.8, 4) is 22.8 Å². The Balaban J connectivity index is 0.950. The molecule has 1 aliphatic heterocycles. The van der Waals surface area contributed by atoms with Crippen LogP contribution in [0.4, 0.5) is 4.39 Å². The molecule has 5 aliphatic rings. The van der Waals surface area contributed by atoms with Crippen LogP contribution in [0.25, 0.3) is 22.2 Å². The van der Waals surface area contributed by atoms with Crippen molar-refractivity contribution in [3.05, 3.63) is 64.0 Å². The lowest BCUT2D eigenvalue weighted by Gasteiger charge is -2.52. The molecule has 0 radical (unpaired) electrons. The first kappa shape index (κ1) is 28.5. The van der Waals surface area contributed by atoms with Gasteiger partial charge in [-0.1, -0.05) is 28.4 Å². The molecule has 0 atom stereocenters. The fourth-order valence-corrected chi connectivity index (χ4v) is 7.44. The summed E-state index contributed by atoms with van der Waals surface area (Å²) in [4.78, 5) is 8.32. The highest BCUT2D eigenvalue weighted by Gasteiger charge is 2.50. The Labute approximate surface area is 264 Å². The van der Waals surface area contributed by atoms with Gasteiger partial charge in [0.15, 0.2) is 5.82 Å². The minimum atomic E-state index is -0.418. The SMILES string of the molecule is Fc1cc(OCC23CCC(OCc4c(-c5c(Cl)cncc5Cl)noc4C4CC4)(CC2)CC3)cc2c(OC3COC3)ccnc12. The molecule has 8 nitrogen and oxygen atoms in total. The normalized spacial score (nSPS) is 24.9. The van der Waals surface area contributed by atoms with E-state index in [2.05, 4.69) is 15.1 Å². The number of fused-ring (bicyclic) bond motifs is 4. The van der Waals surface area contributed by atoms with Gasteiger partial charge in [-0.2, -0.15) is 0 Å². The predicted octanol–water partition coefficient (Wildman–Crippen LogP) is 8.07. The molecule has 0 N–H and O–H groups in total. The summed E-state index contributed by atoms with van der Waals surface area (Å²) in [5.41, 5.74) is 2.32. The van der Waals surface area contributed by atoms with Crippen LogP contribution in [0.1, 0.15) is 68.6 Å². The van der Waals surface area contributed by atoms with E-state index < -0.39 is 5.82 Å².